The SMILES string of the molecule is O=C(NCCOc1ccc(Oc2cc(F)cc(F)c2)cc1Cl)OCC(F)(F)F. The number of benzene rings is 2. The third kappa shape index (κ3) is 7.47. The lowest BCUT2D eigenvalue weighted by Crippen LogP contribution is -2.31. The highest BCUT2D eigenvalue weighted by Crippen LogP contribution is 2.31. The van der Waals surface area contributed by atoms with Gasteiger partial charge in [0.05, 0.1) is 11.6 Å². The van der Waals surface area contributed by atoms with Crippen molar-refractivity contribution in [3.63, 3.8) is 0 Å². The van der Waals surface area contributed by atoms with Crippen molar-refractivity contribution < 1.29 is 41.0 Å². The molecule has 1 amide bonds. The van der Waals surface area contributed by atoms with Gasteiger partial charge in [-0.05, 0) is 12.1 Å². The number of alkyl carbamates (subject to hydrolysis) is 1. The zero-order chi connectivity index (χ0) is 20.7. The van der Waals surface area contributed by atoms with Gasteiger partial charge in [0.25, 0.3) is 0 Å². The number of hydrogen-bond acceptors (Lipinski definition) is 4. The fraction of sp³-hybridized carbons (Fsp3) is 0.235. The summed E-state index contributed by atoms with van der Waals surface area (Å²) in [6, 6.07) is 6.86. The lowest BCUT2D eigenvalue weighted by Gasteiger charge is -2.12. The Balaban J connectivity index is 1.81. The summed E-state index contributed by atoms with van der Waals surface area (Å²) in [6.45, 7) is -1.92. The summed E-state index contributed by atoms with van der Waals surface area (Å²) in [7, 11) is 0. The molecular weight excluding hydrogens is 413 g/mol. The maximum absolute atomic E-state index is 13.1. The zero-order valence-electron chi connectivity index (χ0n) is 14.0. The first-order valence-corrected chi connectivity index (χ1v) is 8.04. The van der Waals surface area contributed by atoms with Crippen LogP contribution in [0.25, 0.3) is 0 Å². The fourth-order valence-electron chi connectivity index (χ4n) is 1.90. The molecule has 0 saturated heterocycles. The van der Waals surface area contributed by atoms with E-state index in [0.29, 0.717) is 6.07 Å². The molecule has 0 aliphatic carbocycles. The van der Waals surface area contributed by atoms with Crippen LogP contribution in [-0.4, -0.2) is 32.0 Å². The van der Waals surface area contributed by atoms with E-state index in [1.807, 2.05) is 0 Å². The standard InChI is InChI=1S/C17H13ClF5NO4/c18-14-8-12(28-13-6-10(19)5-11(20)7-13)1-2-15(14)26-4-3-24-16(25)27-9-17(21,22)23/h1-2,5-8H,3-4,9H2,(H,24,25). The van der Waals surface area contributed by atoms with Crippen LogP contribution in [0.15, 0.2) is 36.4 Å². The maximum Gasteiger partial charge on any atom is 0.422 e. The number of rotatable bonds is 7. The van der Waals surface area contributed by atoms with E-state index < -0.39 is 30.5 Å². The Morgan fingerprint density at radius 2 is 1.71 bits per heavy atom. The number of carbonyl (C=O) groups excluding carboxylic acids is 1. The van der Waals surface area contributed by atoms with Crippen molar-refractivity contribution in [3.8, 4) is 17.2 Å². The monoisotopic (exact) mass is 425 g/mol. The second-order valence-corrected chi connectivity index (χ2v) is 5.67. The Labute approximate surface area is 160 Å². The first-order chi connectivity index (χ1) is 13.1. The summed E-state index contributed by atoms with van der Waals surface area (Å²) < 4.78 is 76.5. The van der Waals surface area contributed by atoms with E-state index in [-0.39, 0.29) is 35.4 Å². The average molecular weight is 426 g/mol. The van der Waals surface area contributed by atoms with Gasteiger partial charge in [0.2, 0.25) is 0 Å². The molecule has 1 N–H and O–H groups in total. The van der Waals surface area contributed by atoms with Crippen LogP contribution >= 0.6 is 11.6 Å². The molecule has 0 aromatic heterocycles. The Bertz CT molecular complexity index is 811. The van der Waals surface area contributed by atoms with E-state index in [1.165, 1.54) is 18.2 Å². The molecule has 0 radical (unpaired) electrons. The lowest BCUT2D eigenvalue weighted by atomic mass is 10.3. The third-order valence-electron chi connectivity index (χ3n) is 2.97. The first-order valence-electron chi connectivity index (χ1n) is 7.66. The number of amides is 1. The van der Waals surface area contributed by atoms with Crippen LogP contribution in [0.4, 0.5) is 26.7 Å². The van der Waals surface area contributed by atoms with Crippen molar-refractivity contribution >= 4 is 17.7 Å². The summed E-state index contributed by atoms with van der Waals surface area (Å²) in [4.78, 5) is 11.0. The Morgan fingerprint density at radius 1 is 1.04 bits per heavy atom. The topological polar surface area (TPSA) is 56.8 Å². The minimum absolute atomic E-state index is 0.0659. The van der Waals surface area contributed by atoms with Crippen LogP contribution in [0.2, 0.25) is 5.02 Å². The molecule has 0 spiro atoms. The first kappa shape index (κ1) is 21.5. The van der Waals surface area contributed by atoms with Crippen LogP contribution in [0.1, 0.15) is 0 Å². The summed E-state index contributed by atoms with van der Waals surface area (Å²) in [5, 5.41) is 2.18. The molecule has 0 bridgehead atoms. The van der Waals surface area contributed by atoms with Gasteiger partial charge in [0.1, 0.15) is 35.5 Å². The van der Waals surface area contributed by atoms with E-state index in [2.05, 4.69) is 10.1 Å². The largest absolute Gasteiger partial charge is 0.490 e. The third-order valence-corrected chi connectivity index (χ3v) is 3.27. The molecule has 152 valence electrons. The molecule has 0 fully saturated rings. The van der Waals surface area contributed by atoms with Gasteiger partial charge < -0.3 is 19.5 Å². The van der Waals surface area contributed by atoms with Gasteiger partial charge in [-0.15, -0.1) is 0 Å². The summed E-state index contributed by atoms with van der Waals surface area (Å²) in [6.07, 6.45) is -5.85. The lowest BCUT2D eigenvalue weighted by molar-refractivity contribution is -0.160. The van der Waals surface area contributed by atoms with E-state index >= 15 is 0 Å². The Hall–Kier alpha value is -2.75. The van der Waals surface area contributed by atoms with Crippen LogP contribution in [0, 0.1) is 11.6 Å². The van der Waals surface area contributed by atoms with Gasteiger partial charge in [0.15, 0.2) is 6.61 Å². The Kier molecular flexibility index (Phi) is 7.27. The van der Waals surface area contributed by atoms with Crippen molar-refractivity contribution in [2.75, 3.05) is 19.8 Å². The molecular formula is C17H13ClF5NO4. The highest BCUT2D eigenvalue weighted by molar-refractivity contribution is 6.32. The van der Waals surface area contributed by atoms with Crippen LogP contribution in [-0.2, 0) is 4.74 Å². The average Bonchev–Trinajstić information content (AvgIpc) is 2.57. The molecule has 2 aromatic rings. The minimum atomic E-state index is -4.61. The highest BCUT2D eigenvalue weighted by Gasteiger charge is 2.29. The van der Waals surface area contributed by atoms with Crippen LogP contribution < -0.4 is 14.8 Å². The molecule has 2 aromatic carbocycles. The number of alkyl halides is 3. The van der Waals surface area contributed by atoms with Gasteiger partial charge in [0, 0.05) is 24.3 Å². The Morgan fingerprint density at radius 3 is 2.32 bits per heavy atom. The number of ether oxygens (including phenoxy) is 3. The zero-order valence-corrected chi connectivity index (χ0v) is 14.7. The van der Waals surface area contributed by atoms with Crippen LogP contribution in [0.3, 0.4) is 0 Å². The second kappa shape index (κ2) is 9.45. The number of hydrogen-bond donors (Lipinski definition) is 1. The molecule has 0 heterocycles. The van der Waals surface area contributed by atoms with E-state index in [4.69, 9.17) is 21.1 Å². The molecule has 11 heteroatoms. The van der Waals surface area contributed by atoms with Gasteiger partial charge in [-0.2, -0.15) is 13.2 Å². The number of carbonyl (C=O) groups is 1. The predicted octanol–water partition coefficient (Wildman–Crippen LogP) is 5.08. The van der Waals surface area contributed by atoms with Gasteiger partial charge >= 0.3 is 12.3 Å². The van der Waals surface area contributed by atoms with Crippen molar-refractivity contribution in [1.82, 2.24) is 5.32 Å². The van der Waals surface area contributed by atoms with Crippen molar-refractivity contribution in [2.45, 2.75) is 6.18 Å². The highest BCUT2D eigenvalue weighted by atomic mass is 35.5. The molecule has 2 rings (SSSR count). The van der Waals surface area contributed by atoms with Gasteiger partial charge in [-0.1, -0.05) is 11.6 Å². The second-order valence-electron chi connectivity index (χ2n) is 5.27. The fourth-order valence-corrected chi connectivity index (χ4v) is 2.12. The molecule has 0 aliphatic rings. The van der Waals surface area contributed by atoms with Crippen molar-refractivity contribution in [2.24, 2.45) is 0 Å². The molecule has 0 unspecified atom stereocenters. The summed E-state index contributed by atoms with van der Waals surface area (Å²) in [5.41, 5.74) is 0. The molecule has 5 nitrogen and oxygen atoms in total. The molecule has 0 aliphatic heterocycles. The normalized spacial score (nSPS) is 11.1. The predicted molar refractivity (Wildman–Crippen MR) is 88.8 cm³/mol. The maximum atomic E-state index is 13.1. The minimum Gasteiger partial charge on any atom is -0.490 e. The molecule has 0 saturated carbocycles. The van der Waals surface area contributed by atoms with Gasteiger partial charge in [-0.25, -0.2) is 13.6 Å². The summed E-state index contributed by atoms with van der Waals surface area (Å²) in [5.74, 6) is -1.28. The van der Waals surface area contributed by atoms with Gasteiger partial charge in [-0.3, -0.25) is 0 Å². The van der Waals surface area contributed by atoms with Crippen LogP contribution in [0.5, 0.6) is 17.2 Å². The van der Waals surface area contributed by atoms with Crippen molar-refractivity contribution in [3.05, 3.63) is 53.1 Å². The quantitative estimate of drug-likeness (QED) is 0.496. The van der Waals surface area contributed by atoms with E-state index in [0.717, 1.165) is 12.1 Å². The smallest absolute Gasteiger partial charge is 0.422 e. The van der Waals surface area contributed by atoms with E-state index in [1.54, 1.807) is 0 Å². The van der Waals surface area contributed by atoms with E-state index in [9.17, 15) is 26.7 Å². The number of halogens is 6. The number of nitrogens with one attached hydrogen (secondary N) is 1. The summed E-state index contributed by atoms with van der Waals surface area (Å²) >= 11 is 6.01. The molecule has 28 heavy (non-hydrogen) atoms. The molecule has 0 atom stereocenters. The van der Waals surface area contributed by atoms with Crippen molar-refractivity contribution in [1.29, 1.82) is 0 Å².